The van der Waals surface area contributed by atoms with E-state index in [9.17, 15) is 33.6 Å². The molecule has 1 aromatic rings. The van der Waals surface area contributed by atoms with E-state index in [2.05, 4.69) is 5.32 Å². The Labute approximate surface area is 275 Å². The summed E-state index contributed by atoms with van der Waals surface area (Å²) >= 11 is 5.03. The highest BCUT2D eigenvalue weighted by molar-refractivity contribution is 14.1. The number of amides is 1. The molecule has 0 aliphatic rings. The van der Waals surface area contributed by atoms with Crippen molar-refractivity contribution in [2.75, 3.05) is 31.7 Å². The molecule has 226 valence electrons. The second-order valence-electron chi connectivity index (χ2n) is 7.33. The zero-order valence-electron chi connectivity index (χ0n) is 22.4. The Kier molecular flexibility index (Phi) is 15.8. The van der Waals surface area contributed by atoms with Crippen LogP contribution < -0.4 is 5.32 Å². The van der Waals surface area contributed by atoms with Crippen molar-refractivity contribution in [2.45, 2.75) is 46.8 Å². The minimum atomic E-state index is -2.09. The summed E-state index contributed by atoms with van der Waals surface area (Å²) in [7, 11) is 0. The molecule has 1 amide bonds. The molecule has 0 radical (unpaired) electrons. The van der Waals surface area contributed by atoms with Gasteiger partial charge >= 0.3 is 35.8 Å². The molecule has 0 aliphatic heterocycles. The minimum Gasteiger partial charge on any atom is -0.463 e. The van der Waals surface area contributed by atoms with Gasteiger partial charge in [-0.2, -0.15) is 0 Å². The molecule has 0 fully saturated rings. The molecule has 0 aromatic heterocycles. The van der Waals surface area contributed by atoms with E-state index in [0.717, 1.165) is 0 Å². The molecule has 1 rings (SSSR count). The van der Waals surface area contributed by atoms with Crippen LogP contribution >= 0.6 is 67.8 Å². The average Bonchev–Trinajstić information content (AvgIpc) is 2.88. The Bertz CT molecular complexity index is 1100. The number of anilines is 1. The van der Waals surface area contributed by atoms with Crippen molar-refractivity contribution < 1.29 is 62.0 Å². The van der Waals surface area contributed by atoms with Gasteiger partial charge in [-0.3, -0.25) is 4.79 Å². The third kappa shape index (κ3) is 9.89. The first-order valence-electron chi connectivity index (χ1n) is 11.8. The molecule has 41 heavy (non-hydrogen) atoms. The van der Waals surface area contributed by atoms with Crippen LogP contribution in [0.5, 0.6) is 0 Å². The lowest BCUT2D eigenvalue weighted by molar-refractivity contribution is -0.170. The molecule has 0 bridgehead atoms. The highest BCUT2D eigenvalue weighted by Gasteiger charge is 2.39. The normalized spacial score (nSPS) is 10.5. The van der Waals surface area contributed by atoms with Crippen LogP contribution in [0.1, 0.15) is 55.3 Å². The van der Waals surface area contributed by atoms with Crippen LogP contribution in [-0.2, 0) is 52.4 Å². The number of esters is 6. The van der Waals surface area contributed by atoms with Gasteiger partial charge in [0.05, 0.1) is 50.4 Å². The number of benzene rings is 1. The maximum atomic E-state index is 13.4. The van der Waals surface area contributed by atoms with Crippen LogP contribution in [0.3, 0.4) is 0 Å². The molecule has 0 heterocycles. The van der Waals surface area contributed by atoms with E-state index in [-0.39, 0.29) is 54.0 Å². The number of rotatable bonds is 13. The van der Waals surface area contributed by atoms with Gasteiger partial charge in [-0.25, -0.2) is 28.8 Å². The van der Waals surface area contributed by atoms with Crippen molar-refractivity contribution in [3.8, 4) is 0 Å². The van der Waals surface area contributed by atoms with Gasteiger partial charge < -0.3 is 33.7 Å². The standard InChI is InChI=1S/C24H26I3NO13/c1-6-36-21(32)17(22(33)37-7-2)40-19(30)11-13(25)12(15(27)16(14(11)26)28-10(5)29)20(31)41-18(23(34)38-8-3)24(35)39-9-4/h17-18H,6-9H2,1-5H3,(H,28,29). The summed E-state index contributed by atoms with van der Waals surface area (Å²) < 4.78 is 29.6. The molecule has 0 unspecified atom stereocenters. The van der Waals surface area contributed by atoms with Crippen molar-refractivity contribution in [1.82, 2.24) is 0 Å². The van der Waals surface area contributed by atoms with Gasteiger partial charge in [0.2, 0.25) is 5.91 Å². The average molecular weight is 917 g/mol. The fourth-order valence-electron chi connectivity index (χ4n) is 2.90. The summed E-state index contributed by atoms with van der Waals surface area (Å²) in [5, 5.41) is 2.50. The van der Waals surface area contributed by atoms with Crippen molar-refractivity contribution in [3.63, 3.8) is 0 Å². The molecule has 0 aliphatic carbocycles. The zero-order chi connectivity index (χ0) is 31.4. The molecule has 14 nitrogen and oxygen atoms in total. The van der Waals surface area contributed by atoms with E-state index in [1.807, 2.05) is 0 Å². The monoisotopic (exact) mass is 917 g/mol. The molecule has 0 atom stereocenters. The zero-order valence-corrected chi connectivity index (χ0v) is 28.9. The molecule has 17 heteroatoms. The summed E-state index contributed by atoms with van der Waals surface area (Å²) in [4.78, 5) is 88.2. The summed E-state index contributed by atoms with van der Waals surface area (Å²) in [6.07, 6.45) is -4.19. The third-order valence-electron chi connectivity index (χ3n) is 4.48. The van der Waals surface area contributed by atoms with Gasteiger partial charge in [0, 0.05) is 10.5 Å². The predicted molar refractivity (Wildman–Crippen MR) is 164 cm³/mol. The first kappa shape index (κ1) is 36.7. The number of carbonyl (C=O) groups excluding carboxylic acids is 7. The molecule has 1 aromatic carbocycles. The third-order valence-corrected chi connectivity index (χ3v) is 7.71. The van der Waals surface area contributed by atoms with Gasteiger partial charge in [0.1, 0.15) is 0 Å². The van der Waals surface area contributed by atoms with Gasteiger partial charge in [-0.05, 0) is 95.5 Å². The van der Waals surface area contributed by atoms with Crippen molar-refractivity contribution >= 4 is 115 Å². The smallest absolute Gasteiger partial charge is 0.359 e. The second-order valence-corrected chi connectivity index (χ2v) is 10.6. The lowest BCUT2D eigenvalue weighted by Gasteiger charge is -2.21. The fourth-order valence-corrected chi connectivity index (χ4v) is 7.21. The topological polar surface area (TPSA) is 187 Å². The Morgan fingerprint density at radius 3 is 1.12 bits per heavy atom. The molecular formula is C24H26I3NO13. The molecule has 1 N–H and O–H groups in total. The highest BCUT2D eigenvalue weighted by Crippen LogP contribution is 2.37. The number of ether oxygens (including phenoxy) is 6. The second kappa shape index (κ2) is 17.6. The van der Waals surface area contributed by atoms with Crippen LogP contribution in [0, 0.1) is 10.7 Å². The van der Waals surface area contributed by atoms with E-state index in [0.29, 0.717) is 0 Å². The quantitative estimate of drug-likeness (QED) is 0.132. The molecular weight excluding hydrogens is 891 g/mol. The van der Waals surface area contributed by atoms with Gasteiger partial charge in [-0.1, -0.05) is 0 Å². The maximum Gasteiger partial charge on any atom is 0.359 e. The van der Waals surface area contributed by atoms with Gasteiger partial charge in [-0.15, -0.1) is 0 Å². The summed E-state index contributed by atoms with van der Waals surface area (Å²) in [6, 6.07) is 0. The first-order chi connectivity index (χ1) is 19.3. The van der Waals surface area contributed by atoms with Crippen LogP contribution in [0.2, 0.25) is 0 Å². The van der Waals surface area contributed by atoms with E-state index in [1.165, 1.54) is 34.6 Å². The number of halogens is 3. The van der Waals surface area contributed by atoms with E-state index in [4.69, 9.17) is 28.4 Å². The number of carbonyl (C=O) groups is 7. The molecule has 0 saturated heterocycles. The Hall–Kier alpha value is -2.30. The van der Waals surface area contributed by atoms with Crippen LogP contribution in [0.4, 0.5) is 5.69 Å². The van der Waals surface area contributed by atoms with Crippen molar-refractivity contribution in [3.05, 3.63) is 21.8 Å². The largest absolute Gasteiger partial charge is 0.463 e. The van der Waals surface area contributed by atoms with Crippen LogP contribution in [0.25, 0.3) is 0 Å². The Morgan fingerprint density at radius 2 is 0.878 bits per heavy atom. The lowest BCUT2D eigenvalue weighted by atomic mass is 10.1. The van der Waals surface area contributed by atoms with E-state index < -0.39 is 53.9 Å². The fraction of sp³-hybridized carbons (Fsp3) is 0.458. The first-order valence-corrected chi connectivity index (χ1v) is 15.1. The predicted octanol–water partition coefficient (Wildman–Crippen LogP) is 2.76. The van der Waals surface area contributed by atoms with Crippen molar-refractivity contribution in [1.29, 1.82) is 0 Å². The van der Waals surface area contributed by atoms with E-state index in [1.54, 1.807) is 67.8 Å². The summed E-state index contributed by atoms with van der Waals surface area (Å²) in [5.41, 5.74) is -0.708. The van der Waals surface area contributed by atoms with Crippen LogP contribution in [0.15, 0.2) is 0 Å². The lowest BCUT2D eigenvalue weighted by Crippen LogP contribution is -2.39. The summed E-state index contributed by atoms with van der Waals surface area (Å²) in [5.74, 6) is -7.85. The van der Waals surface area contributed by atoms with Gasteiger partial charge in [0.15, 0.2) is 0 Å². The number of nitrogens with one attached hydrogen (secondary N) is 1. The Morgan fingerprint density at radius 1 is 0.585 bits per heavy atom. The van der Waals surface area contributed by atoms with Crippen LogP contribution in [-0.4, -0.2) is 80.4 Å². The highest BCUT2D eigenvalue weighted by atomic mass is 127. The summed E-state index contributed by atoms with van der Waals surface area (Å²) in [6.45, 7) is 6.56. The number of hydrogen-bond acceptors (Lipinski definition) is 13. The number of hydrogen-bond donors (Lipinski definition) is 1. The molecule has 0 spiro atoms. The van der Waals surface area contributed by atoms with E-state index >= 15 is 0 Å². The molecule has 0 saturated carbocycles. The van der Waals surface area contributed by atoms with Gasteiger partial charge in [0.25, 0.3) is 12.2 Å². The Balaban J connectivity index is 3.76. The SMILES string of the molecule is CCOC(=O)C(OC(=O)c1c(I)c(NC(C)=O)c(I)c(C(=O)OC(C(=O)OCC)C(=O)OCC)c1I)C(=O)OCC. The van der Waals surface area contributed by atoms with Crippen molar-refractivity contribution in [2.24, 2.45) is 0 Å². The maximum absolute atomic E-state index is 13.4. The minimum absolute atomic E-state index is 0.0225.